The van der Waals surface area contributed by atoms with Crippen molar-refractivity contribution < 1.29 is 4.39 Å². The van der Waals surface area contributed by atoms with Crippen LogP contribution in [0.15, 0.2) is 41.9 Å². The quantitative estimate of drug-likeness (QED) is 0.497. The van der Waals surface area contributed by atoms with E-state index >= 15 is 0 Å². The highest BCUT2D eigenvalue weighted by Crippen LogP contribution is 2.07. The SMILES string of the molecule is C=CCN=C(C)c1ccccc1F. The monoisotopic (exact) mass is 177 g/mol. The van der Waals surface area contributed by atoms with Crippen LogP contribution in [0.3, 0.4) is 0 Å². The lowest BCUT2D eigenvalue weighted by atomic mass is 10.1. The lowest BCUT2D eigenvalue weighted by Crippen LogP contribution is -1.98. The highest BCUT2D eigenvalue weighted by molar-refractivity contribution is 5.98. The molecular formula is C11H12FN. The fraction of sp³-hybridized carbons (Fsp3) is 0.182. The summed E-state index contributed by atoms with van der Waals surface area (Å²) in [7, 11) is 0. The van der Waals surface area contributed by atoms with Crippen molar-refractivity contribution in [2.24, 2.45) is 4.99 Å². The Labute approximate surface area is 77.6 Å². The van der Waals surface area contributed by atoms with Gasteiger partial charge in [-0.2, -0.15) is 0 Å². The third-order valence-corrected chi connectivity index (χ3v) is 1.72. The summed E-state index contributed by atoms with van der Waals surface area (Å²) in [6.07, 6.45) is 1.68. The maximum absolute atomic E-state index is 13.2. The van der Waals surface area contributed by atoms with Crippen molar-refractivity contribution >= 4 is 5.71 Å². The highest BCUT2D eigenvalue weighted by Gasteiger charge is 2.02. The van der Waals surface area contributed by atoms with Crippen molar-refractivity contribution in [3.8, 4) is 0 Å². The fourth-order valence-electron chi connectivity index (χ4n) is 1.04. The average molecular weight is 177 g/mol. The van der Waals surface area contributed by atoms with Gasteiger partial charge in [0.15, 0.2) is 0 Å². The predicted molar refractivity (Wildman–Crippen MR) is 53.7 cm³/mol. The molecule has 0 saturated carbocycles. The molecule has 2 heteroatoms. The molecular weight excluding hydrogens is 165 g/mol. The molecule has 0 amide bonds. The molecule has 0 aliphatic heterocycles. The average Bonchev–Trinajstić information content (AvgIpc) is 2.15. The Bertz CT molecular complexity index is 329. The van der Waals surface area contributed by atoms with Crippen LogP contribution in [0.25, 0.3) is 0 Å². The van der Waals surface area contributed by atoms with E-state index in [1.165, 1.54) is 6.07 Å². The highest BCUT2D eigenvalue weighted by atomic mass is 19.1. The number of aliphatic imine (C=N–C) groups is 1. The van der Waals surface area contributed by atoms with Crippen LogP contribution in [0.5, 0.6) is 0 Å². The van der Waals surface area contributed by atoms with Gasteiger partial charge in [0.25, 0.3) is 0 Å². The first kappa shape index (κ1) is 9.65. The van der Waals surface area contributed by atoms with E-state index in [2.05, 4.69) is 11.6 Å². The number of rotatable bonds is 3. The maximum Gasteiger partial charge on any atom is 0.132 e. The Morgan fingerprint density at radius 1 is 1.54 bits per heavy atom. The van der Waals surface area contributed by atoms with Crippen LogP contribution in [0.1, 0.15) is 12.5 Å². The summed E-state index contributed by atoms with van der Waals surface area (Å²) in [6, 6.07) is 6.62. The lowest BCUT2D eigenvalue weighted by molar-refractivity contribution is 0.625. The van der Waals surface area contributed by atoms with Crippen LogP contribution in [0, 0.1) is 5.82 Å². The zero-order valence-corrected chi connectivity index (χ0v) is 7.63. The second-order valence-electron chi connectivity index (χ2n) is 2.69. The molecule has 0 N–H and O–H groups in total. The minimum absolute atomic E-state index is 0.229. The summed E-state index contributed by atoms with van der Waals surface area (Å²) in [5.74, 6) is -0.229. The summed E-state index contributed by atoms with van der Waals surface area (Å²) in [5.41, 5.74) is 1.27. The molecule has 0 aliphatic rings. The number of halogens is 1. The van der Waals surface area contributed by atoms with Crippen molar-refractivity contribution in [3.05, 3.63) is 48.3 Å². The van der Waals surface area contributed by atoms with Gasteiger partial charge in [-0.1, -0.05) is 24.3 Å². The number of hydrogen-bond donors (Lipinski definition) is 0. The zero-order chi connectivity index (χ0) is 9.68. The van der Waals surface area contributed by atoms with E-state index in [4.69, 9.17) is 0 Å². The van der Waals surface area contributed by atoms with E-state index in [1.807, 2.05) is 0 Å². The molecule has 0 radical (unpaired) electrons. The smallest absolute Gasteiger partial charge is 0.132 e. The van der Waals surface area contributed by atoms with Gasteiger partial charge in [0.1, 0.15) is 5.82 Å². The summed E-state index contributed by atoms with van der Waals surface area (Å²) < 4.78 is 13.2. The van der Waals surface area contributed by atoms with Crippen molar-refractivity contribution in [3.63, 3.8) is 0 Å². The van der Waals surface area contributed by atoms with E-state index in [0.717, 1.165) is 0 Å². The Hall–Kier alpha value is -1.44. The van der Waals surface area contributed by atoms with Crippen LogP contribution in [-0.4, -0.2) is 12.3 Å². The first-order valence-electron chi connectivity index (χ1n) is 4.12. The zero-order valence-electron chi connectivity index (χ0n) is 7.63. The van der Waals surface area contributed by atoms with E-state index in [1.54, 1.807) is 31.2 Å². The first-order chi connectivity index (χ1) is 6.25. The van der Waals surface area contributed by atoms with Gasteiger partial charge in [-0.05, 0) is 13.0 Å². The van der Waals surface area contributed by atoms with Gasteiger partial charge >= 0.3 is 0 Å². The first-order valence-corrected chi connectivity index (χ1v) is 4.12. The molecule has 0 atom stereocenters. The molecule has 0 unspecified atom stereocenters. The number of nitrogens with zero attached hydrogens (tertiary/aromatic N) is 1. The Balaban J connectivity index is 2.94. The third-order valence-electron chi connectivity index (χ3n) is 1.72. The van der Waals surface area contributed by atoms with Gasteiger partial charge in [0.2, 0.25) is 0 Å². The van der Waals surface area contributed by atoms with Crippen molar-refractivity contribution in [2.45, 2.75) is 6.92 Å². The molecule has 0 aliphatic carbocycles. The standard InChI is InChI=1S/C11H12FN/c1-3-8-13-9(2)10-6-4-5-7-11(10)12/h3-7H,1,8H2,2H3. The molecule has 68 valence electrons. The van der Waals surface area contributed by atoms with Crippen LogP contribution in [-0.2, 0) is 0 Å². The minimum atomic E-state index is -0.229. The van der Waals surface area contributed by atoms with Crippen molar-refractivity contribution in [1.82, 2.24) is 0 Å². The van der Waals surface area contributed by atoms with Gasteiger partial charge in [-0.25, -0.2) is 4.39 Å². The Morgan fingerprint density at radius 3 is 2.85 bits per heavy atom. The largest absolute Gasteiger partial charge is 0.285 e. The van der Waals surface area contributed by atoms with E-state index in [9.17, 15) is 4.39 Å². The summed E-state index contributed by atoms with van der Waals surface area (Å²) in [4.78, 5) is 4.13. The van der Waals surface area contributed by atoms with Crippen LogP contribution >= 0.6 is 0 Å². The molecule has 1 rings (SSSR count). The lowest BCUT2D eigenvalue weighted by Gasteiger charge is -2.00. The molecule has 1 nitrogen and oxygen atoms in total. The normalized spacial score (nSPS) is 11.4. The molecule has 0 aromatic heterocycles. The predicted octanol–water partition coefficient (Wildman–Crippen LogP) is 2.82. The summed E-state index contributed by atoms with van der Waals surface area (Å²) in [6.45, 7) is 5.87. The van der Waals surface area contributed by atoms with Crippen LogP contribution in [0.4, 0.5) is 4.39 Å². The molecule has 0 saturated heterocycles. The molecule has 0 fully saturated rings. The minimum Gasteiger partial charge on any atom is -0.285 e. The van der Waals surface area contributed by atoms with Gasteiger partial charge in [0, 0.05) is 11.3 Å². The van der Waals surface area contributed by atoms with Crippen LogP contribution < -0.4 is 0 Å². The van der Waals surface area contributed by atoms with Gasteiger partial charge in [-0.15, -0.1) is 6.58 Å². The van der Waals surface area contributed by atoms with Gasteiger partial charge < -0.3 is 0 Å². The van der Waals surface area contributed by atoms with Crippen LogP contribution in [0.2, 0.25) is 0 Å². The maximum atomic E-state index is 13.2. The Kier molecular flexibility index (Phi) is 3.38. The van der Waals surface area contributed by atoms with E-state index in [0.29, 0.717) is 17.8 Å². The topological polar surface area (TPSA) is 12.4 Å². The van der Waals surface area contributed by atoms with Crippen molar-refractivity contribution in [2.75, 3.05) is 6.54 Å². The number of hydrogen-bond acceptors (Lipinski definition) is 1. The molecule has 13 heavy (non-hydrogen) atoms. The summed E-state index contributed by atoms with van der Waals surface area (Å²) in [5, 5.41) is 0. The molecule has 1 aromatic carbocycles. The number of benzene rings is 1. The van der Waals surface area contributed by atoms with Gasteiger partial charge in [-0.3, -0.25) is 4.99 Å². The molecule has 0 heterocycles. The second-order valence-corrected chi connectivity index (χ2v) is 2.69. The third kappa shape index (κ3) is 2.51. The van der Waals surface area contributed by atoms with E-state index in [-0.39, 0.29) is 5.82 Å². The fourth-order valence-corrected chi connectivity index (χ4v) is 1.04. The van der Waals surface area contributed by atoms with Crippen molar-refractivity contribution in [1.29, 1.82) is 0 Å². The molecule has 0 spiro atoms. The molecule has 1 aromatic rings. The summed E-state index contributed by atoms with van der Waals surface area (Å²) >= 11 is 0. The molecule has 0 bridgehead atoms. The Morgan fingerprint density at radius 2 is 2.23 bits per heavy atom. The second kappa shape index (κ2) is 4.55. The van der Waals surface area contributed by atoms with Gasteiger partial charge in [0.05, 0.1) is 6.54 Å². The van der Waals surface area contributed by atoms with E-state index < -0.39 is 0 Å².